The molecule has 0 aliphatic carbocycles. The molecule has 3 aromatic rings. The number of nitrogens with zero attached hydrogens (tertiary/aromatic N) is 2. The van der Waals surface area contributed by atoms with E-state index in [-0.39, 0.29) is 12.5 Å². The molecule has 2 heterocycles. The van der Waals surface area contributed by atoms with Gasteiger partial charge in [-0.25, -0.2) is 13.6 Å². The zero-order valence-corrected chi connectivity index (χ0v) is 20.1. The van der Waals surface area contributed by atoms with Gasteiger partial charge in [0.25, 0.3) is 5.91 Å². The Morgan fingerprint density at radius 3 is 2.71 bits per heavy atom. The van der Waals surface area contributed by atoms with E-state index in [9.17, 15) is 18.4 Å². The molecule has 0 radical (unpaired) electrons. The van der Waals surface area contributed by atoms with Crippen LogP contribution in [0.5, 0.6) is 5.75 Å². The first kappa shape index (κ1) is 23.4. The first-order valence-corrected chi connectivity index (χ1v) is 12.1. The van der Waals surface area contributed by atoms with Gasteiger partial charge in [-0.2, -0.15) is 0 Å². The van der Waals surface area contributed by atoms with Gasteiger partial charge in [0.05, 0.1) is 19.3 Å². The third kappa shape index (κ3) is 3.98. The van der Waals surface area contributed by atoms with Crippen molar-refractivity contribution in [3.8, 4) is 5.75 Å². The van der Waals surface area contributed by atoms with Gasteiger partial charge >= 0.3 is 6.03 Å². The first-order valence-electron chi connectivity index (χ1n) is 10.8. The van der Waals surface area contributed by atoms with E-state index in [0.717, 1.165) is 12.1 Å². The summed E-state index contributed by atoms with van der Waals surface area (Å²) in [6.07, 6.45) is 0. The van der Waals surface area contributed by atoms with E-state index < -0.39 is 22.5 Å². The van der Waals surface area contributed by atoms with Gasteiger partial charge in [-0.05, 0) is 54.1 Å². The molecule has 35 heavy (non-hydrogen) atoms. The van der Waals surface area contributed by atoms with Crippen LogP contribution in [0.2, 0.25) is 5.02 Å². The highest BCUT2D eigenvalue weighted by Crippen LogP contribution is 2.55. The van der Waals surface area contributed by atoms with Crippen LogP contribution in [0.15, 0.2) is 60.7 Å². The minimum absolute atomic E-state index is 0.0153. The lowest BCUT2D eigenvalue weighted by Crippen LogP contribution is -2.51. The third-order valence-electron chi connectivity index (χ3n) is 6.05. The molecule has 1 saturated heterocycles. The number of urea groups is 1. The minimum Gasteiger partial charge on any atom is -0.497 e. The van der Waals surface area contributed by atoms with Gasteiger partial charge in [-0.3, -0.25) is 9.69 Å². The lowest BCUT2D eigenvalue weighted by Gasteiger charge is -2.33. The number of amides is 3. The van der Waals surface area contributed by atoms with Crippen molar-refractivity contribution in [2.45, 2.75) is 11.4 Å². The molecule has 3 amide bonds. The van der Waals surface area contributed by atoms with Crippen LogP contribution in [0.25, 0.3) is 0 Å². The summed E-state index contributed by atoms with van der Waals surface area (Å²) >= 11 is 7.41. The Balaban J connectivity index is 1.55. The van der Waals surface area contributed by atoms with E-state index in [1.807, 2.05) is 0 Å². The molecule has 1 N–H and O–H groups in total. The zero-order chi connectivity index (χ0) is 24.7. The highest BCUT2D eigenvalue weighted by atomic mass is 35.5. The second-order valence-corrected chi connectivity index (χ2v) is 9.83. The molecule has 0 saturated carbocycles. The second kappa shape index (κ2) is 9.05. The van der Waals surface area contributed by atoms with Gasteiger partial charge in [-0.15, -0.1) is 11.8 Å². The predicted octanol–water partition coefficient (Wildman–Crippen LogP) is 5.61. The molecule has 180 valence electrons. The van der Waals surface area contributed by atoms with Gasteiger partial charge in [0.2, 0.25) is 0 Å². The molecule has 1 atom stereocenters. The Bertz CT molecular complexity index is 1340. The number of methoxy groups -OCH3 is 1. The van der Waals surface area contributed by atoms with Crippen molar-refractivity contribution < 1.29 is 23.1 Å². The molecule has 10 heteroatoms. The van der Waals surface area contributed by atoms with E-state index in [1.54, 1.807) is 42.5 Å². The van der Waals surface area contributed by atoms with Crippen molar-refractivity contribution in [1.29, 1.82) is 0 Å². The highest BCUT2D eigenvalue weighted by molar-refractivity contribution is 8.01. The minimum atomic E-state index is -1.33. The largest absolute Gasteiger partial charge is 0.497 e. The summed E-state index contributed by atoms with van der Waals surface area (Å²) in [6.45, 7) is 0.347. The fraction of sp³-hybridized carbons (Fsp3) is 0.200. The molecule has 5 rings (SSSR count). The smallest absolute Gasteiger partial charge is 0.323 e. The molecular weight excluding hydrogens is 496 g/mol. The molecule has 6 nitrogen and oxygen atoms in total. The van der Waals surface area contributed by atoms with E-state index >= 15 is 0 Å². The summed E-state index contributed by atoms with van der Waals surface area (Å²) in [5.41, 5.74) is 2.11. The summed E-state index contributed by atoms with van der Waals surface area (Å²) in [5.74, 6) is -1.22. The van der Waals surface area contributed by atoms with Gasteiger partial charge in [0.15, 0.2) is 16.5 Å². The van der Waals surface area contributed by atoms with Gasteiger partial charge in [-0.1, -0.05) is 23.7 Å². The van der Waals surface area contributed by atoms with E-state index in [4.69, 9.17) is 16.3 Å². The van der Waals surface area contributed by atoms with Crippen LogP contribution in [0.1, 0.15) is 11.1 Å². The number of rotatable bonds is 4. The molecule has 1 spiro atoms. The van der Waals surface area contributed by atoms with E-state index in [1.165, 1.54) is 34.7 Å². The molecule has 3 aromatic carbocycles. The Hall–Kier alpha value is -3.30. The fourth-order valence-corrected chi connectivity index (χ4v) is 6.10. The van der Waals surface area contributed by atoms with Crippen LogP contribution in [-0.2, 0) is 16.2 Å². The van der Waals surface area contributed by atoms with Gasteiger partial charge in [0, 0.05) is 28.6 Å². The molecule has 2 aliphatic rings. The Labute approximate surface area is 209 Å². The molecular formula is C25H20ClF2N3O3S. The molecule has 1 fully saturated rings. The maximum absolute atomic E-state index is 14.0. The van der Waals surface area contributed by atoms with Gasteiger partial charge in [0.1, 0.15) is 5.75 Å². The highest BCUT2D eigenvalue weighted by Gasteiger charge is 2.59. The van der Waals surface area contributed by atoms with Crippen molar-refractivity contribution >= 4 is 46.7 Å². The zero-order valence-electron chi connectivity index (χ0n) is 18.6. The number of hydrogen-bond donors (Lipinski definition) is 1. The monoisotopic (exact) mass is 515 g/mol. The number of nitrogens with one attached hydrogen (secondary N) is 1. The summed E-state index contributed by atoms with van der Waals surface area (Å²) in [6, 6.07) is 15.1. The van der Waals surface area contributed by atoms with Crippen LogP contribution in [0, 0.1) is 11.6 Å². The average molecular weight is 516 g/mol. The number of benzene rings is 3. The van der Waals surface area contributed by atoms with E-state index in [0.29, 0.717) is 45.6 Å². The normalized spacial score (nSPS) is 18.8. The molecule has 0 aromatic heterocycles. The van der Waals surface area contributed by atoms with E-state index in [2.05, 4.69) is 5.32 Å². The molecule has 2 aliphatic heterocycles. The Morgan fingerprint density at radius 1 is 1.14 bits per heavy atom. The van der Waals surface area contributed by atoms with Crippen molar-refractivity contribution in [1.82, 2.24) is 4.90 Å². The number of hydrogen-bond acceptors (Lipinski definition) is 4. The van der Waals surface area contributed by atoms with Crippen LogP contribution in [-0.4, -0.2) is 36.2 Å². The maximum atomic E-state index is 14.0. The van der Waals surface area contributed by atoms with Crippen LogP contribution < -0.4 is 15.0 Å². The van der Waals surface area contributed by atoms with Crippen LogP contribution in [0.3, 0.4) is 0 Å². The van der Waals surface area contributed by atoms with Crippen LogP contribution >= 0.6 is 23.4 Å². The third-order valence-corrected chi connectivity index (χ3v) is 7.70. The Kier molecular flexibility index (Phi) is 6.06. The number of thioether (sulfide) groups is 1. The number of carbonyl (C=O) groups excluding carboxylic acids is 2. The lowest BCUT2D eigenvalue weighted by molar-refractivity contribution is -0.123. The fourth-order valence-electron chi connectivity index (χ4n) is 4.46. The number of anilines is 2. The number of fused-ring (bicyclic) bond motifs is 2. The van der Waals surface area contributed by atoms with Crippen molar-refractivity contribution in [2.75, 3.05) is 29.6 Å². The Morgan fingerprint density at radius 2 is 1.97 bits per heavy atom. The van der Waals surface area contributed by atoms with Crippen molar-refractivity contribution in [2.24, 2.45) is 0 Å². The first-order chi connectivity index (χ1) is 16.8. The number of halogens is 3. The summed E-state index contributed by atoms with van der Waals surface area (Å²) < 4.78 is 32.7. The maximum Gasteiger partial charge on any atom is 0.323 e. The van der Waals surface area contributed by atoms with Crippen molar-refractivity contribution in [3.63, 3.8) is 0 Å². The summed E-state index contributed by atoms with van der Waals surface area (Å²) in [7, 11) is 1.52. The van der Waals surface area contributed by atoms with Crippen LogP contribution in [0.4, 0.5) is 25.0 Å². The number of ether oxygens (including phenoxy) is 1. The van der Waals surface area contributed by atoms with Gasteiger partial charge < -0.3 is 15.0 Å². The standard InChI is InChI=1S/C25H20ClF2N3O3S/c1-34-18-6-8-22-19(13-18)25(23(32)30(22)14-15-5-7-20(27)21(28)11-15)31(9-10-35-25)24(33)29-17-4-2-3-16(26)12-17/h2-8,11-13H,9-10,14H2,1H3,(H,29,33). The summed E-state index contributed by atoms with van der Waals surface area (Å²) in [5, 5.41) is 3.30. The predicted molar refractivity (Wildman–Crippen MR) is 132 cm³/mol. The SMILES string of the molecule is COc1ccc2c(c1)C1(SCCN1C(=O)Nc1cccc(Cl)c1)C(=O)N2Cc1ccc(F)c(F)c1. The van der Waals surface area contributed by atoms with Crippen molar-refractivity contribution in [3.05, 3.63) is 88.4 Å². The number of carbonyl (C=O) groups is 2. The summed E-state index contributed by atoms with van der Waals surface area (Å²) in [4.78, 5) is 29.1. The quantitative estimate of drug-likeness (QED) is 0.491. The average Bonchev–Trinajstić information content (AvgIpc) is 3.38. The lowest BCUT2D eigenvalue weighted by atomic mass is 10.1. The molecule has 0 bridgehead atoms. The molecule has 1 unspecified atom stereocenters. The second-order valence-electron chi connectivity index (χ2n) is 8.11. The topological polar surface area (TPSA) is 61.9 Å².